The molecule has 0 radical (unpaired) electrons. The van der Waals surface area contributed by atoms with Gasteiger partial charge in [-0.1, -0.05) is 82.9 Å². The molecule has 0 amide bonds. The number of azo groups is 1. The normalized spacial score (nSPS) is 11.1. The van der Waals surface area contributed by atoms with E-state index in [2.05, 4.69) is 17.2 Å². The monoisotopic (exact) mass is 500 g/mol. The van der Waals surface area contributed by atoms with Crippen LogP contribution in [0.25, 0.3) is 0 Å². The number of unbranched alkanes of at least 4 members (excludes halogenated alkanes) is 9. The van der Waals surface area contributed by atoms with Gasteiger partial charge in [-0.3, -0.25) is 0 Å². The summed E-state index contributed by atoms with van der Waals surface area (Å²) >= 11 is 0. The number of esters is 1. The molecule has 0 saturated heterocycles. The maximum atomic E-state index is 12.3. The molecule has 0 atom stereocenters. The molecule has 0 aromatic heterocycles. The zero-order valence-electron chi connectivity index (χ0n) is 22.3. The molecule has 0 bridgehead atoms. The summed E-state index contributed by atoms with van der Waals surface area (Å²) in [7, 11) is 0. The van der Waals surface area contributed by atoms with Crippen molar-refractivity contribution in [2.45, 2.75) is 78.1 Å². The van der Waals surface area contributed by atoms with Gasteiger partial charge in [-0.25, -0.2) is 4.79 Å². The van der Waals surface area contributed by atoms with Gasteiger partial charge in [-0.2, -0.15) is 10.2 Å². The van der Waals surface area contributed by atoms with E-state index in [0.29, 0.717) is 17.0 Å². The van der Waals surface area contributed by atoms with Crippen LogP contribution in [0.2, 0.25) is 0 Å². The summed E-state index contributed by atoms with van der Waals surface area (Å²) in [6, 6.07) is 21.8. The number of nitrogens with zero attached hydrogens (tertiary/aromatic N) is 2. The zero-order chi connectivity index (χ0) is 26.1. The molecule has 5 heteroatoms. The summed E-state index contributed by atoms with van der Waals surface area (Å²) in [4.78, 5) is 12.3. The van der Waals surface area contributed by atoms with Crippen LogP contribution in [0.5, 0.6) is 11.5 Å². The summed E-state index contributed by atoms with van der Waals surface area (Å²) < 4.78 is 11.3. The number of hydrogen-bond donors (Lipinski definition) is 0. The molecule has 0 unspecified atom stereocenters. The predicted molar refractivity (Wildman–Crippen MR) is 151 cm³/mol. The first-order valence-electron chi connectivity index (χ1n) is 13.7. The highest BCUT2D eigenvalue weighted by Crippen LogP contribution is 2.26. The van der Waals surface area contributed by atoms with E-state index in [1.807, 2.05) is 43.3 Å². The number of benzene rings is 3. The molecule has 0 saturated carbocycles. The van der Waals surface area contributed by atoms with Crippen molar-refractivity contribution < 1.29 is 14.3 Å². The Balaban J connectivity index is 1.37. The minimum atomic E-state index is -0.404. The molecular formula is C32H40N2O3. The van der Waals surface area contributed by atoms with Crippen LogP contribution < -0.4 is 9.47 Å². The summed E-state index contributed by atoms with van der Waals surface area (Å²) in [6.45, 7) is 5.01. The van der Waals surface area contributed by atoms with Crippen molar-refractivity contribution in [3.8, 4) is 11.5 Å². The van der Waals surface area contributed by atoms with Gasteiger partial charge in [-0.05, 0) is 73.5 Å². The molecule has 0 aliphatic rings. The maximum Gasteiger partial charge on any atom is 0.343 e. The molecule has 0 N–H and O–H groups in total. The van der Waals surface area contributed by atoms with E-state index in [4.69, 9.17) is 9.47 Å². The van der Waals surface area contributed by atoms with Crippen molar-refractivity contribution >= 4 is 17.3 Å². The van der Waals surface area contributed by atoms with Crippen LogP contribution in [0.3, 0.4) is 0 Å². The van der Waals surface area contributed by atoms with Crippen molar-refractivity contribution in [3.05, 3.63) is 83.9 Å². The summed E-state index contributed by atoms with van der Waals surface area (Å²) in [5.41, 5.74) is 2.92. The molecule has 37 heavy (non-hydrogen) atoms. The van der Waals surface area contributed by atoms with E-state index in [1.165, 1.54) is 57.8 Å². The second-order valence-corrected chi connectivity index (χ2v) is 9.43. The van der Waals surface area contributed by atoms with Gasteiger partial charge in [0.1, 0.15) is 11.5 Å². The van der Waals surface area contributed by atoms with Crippen LogP contribution >= 0.6 is 0 Å². The zero-order valence-corrected chi connectivity index (χ0v) is 22.3. The number of para-hydroxylation sites is 1. The van der Waals surface area contributed by atoms with Gasteiger partial charge in [0.05, 0.1) is 23.5 Å². The summed E-state index contributed by atoms with van der Waals surface area (Å²) in [5.74, 6) is 0.982. The van der Waals surface area contributed by atoms with Crippen LogP contribution in [0.1, 0.15) is 87.1 Å². The lowest BCUT2D eigenvalue weighted by Crippen LogP contribution is -2.07. The number of carbonyl (C=O) groups is 1. The van der Waals surface area contributed by atoms with E-state index in [1.54, 1.807) is 36.4 Å². The molecule has 3 aromatic rings. The van der Waals surface area contributed by atoms with Gasteiger partial charge in [0.15, 0.2) is 0 Å². The molecule has 0 spiro atoms. The topological polar surface area (TPSA) is 60.2 Å². The van der Waals surface area contributed by atoms with Crippen LogP contribution in [0, 0.1) is 6.92 Å². The first kappa shape index (κ1) is 28.1. The first-order chi connectivity index (χ1) is 18.2. The lowest BCUT2D eigenvalue weighted by molar-refractivity contribution is 0.0735. The van der Waals surface area contributed by atoms with E-state index < -0.39 is 5.97 Å². The molecule has 0 aliphatic carbocycles. The average Bonchev–Trinajstić information content (AvgIpc) is 2.92. The Bertz CT molecular complexity index is 1090. The fourth-order valence-corrected chi connectivity index (χ4v) is 4.04. The van der Waals surface area contributed by atoms with Gasteiger partial charge >= 0.3 is 5.97 Å². The van der Waals surface area contributed by atoms with Gasteiger partial charge in [0.2, 0.25) is 0 Å². The lowest BCUT2D eigenvalue weighted by Gasteiger charge is -2.08. The molecule has 0 heterocycles. The van der Waals surface area contributed by atoms with Crippen LogP contribution in [0.15, 0.2) is 83.0 Å². The standard InChI is InChI=1S/C32H40N2O3/c1-3-4-5-6-7-8-9-10-11-15-24-36-30-22-23-31(26(2)25-30)34-33-28-20-18-27(19-21-28)32(35)37-29-16-13-12-14-17-29/h12-14,16-23,25H,3-11,15,24H2,1-2H3. The minimum Gasteiger partial charge on any atom is -0.494 e. The van der Waals surface area contributed by atoms with E-state index >= 15 is 0 Å². The number of carbonyl (C=O) groups excluding carboxylic acids is 1. The molecular weight excluding hydrogens is 460 g/mol. The number of hydrogen-bond acceptors (Lipinski definition) is 5. The van der Waals surface area contributed by atoms with Gasteiger partial charge in [0.25, 0.3) is 0 Å². The molecule has 3 rings (SSSR count). The van der Waals surface area contributed by atoms with E-state index in [0.717, 1.165) is 30.0 Å². The molecule has 5 nitrogen and oxygen atoms in total. The van der Waals surface area contributed by atoms with Crippen molar-refractivity contribution in [1.82, 2.24) is 0 Å². The quantitative estimate of drug-likeness (QED) is 0.0850. The van der Waals surface area contributed by atoms with Gasteiger partial charge < -0.3 is 9.47 Å². The minimum absolute atomic E-state index is 0.404. The Kier molecular flexibility index (Phi) is 12.4. The number of aryl methyl sites for hydroxylation is 1. The Morgan fingerprint density at radius 1 is 0.703 bits per heavy atom. The first-order valence-corrected chi connectivity index (χ1v) is 13.7. The van der Waals surface area contributed by atoms with Crippen LogP contribution in [0.4, 0.5) is 11.4 Å². The largest absolute Gasteiger partial charge is 0.494 e. The number of rotatable bonds is 16. The van der Waals surface area contributed by atoms with Crippen molar-refractivity contribution in [3.63, 3.8) is 0 Å². The third-order valence-corrected chi connectivity index (χ3v) is 6.26. The van der Waals surface area contributed by atoms with Crippen molar-refractivity contribution in [2.24, 2.45) is 10.2 Å². The Hall–Kier alpha value is -3.47. The molecule has 196 valence electrons. The summed E-state index contributed by atoms with van der Waals surface area (Å²) in [5, 5.41) is 8.69. The second-order valence-electron chi connectivity index (χ2n) is 9.43. The fourth-order valence-electron chi connectivity index (χ4n) is 4.04. The third kappa shape index (κ3) is 10.6. The highest BCUT2D eigenvalue weighted by atomic mass is 16.5. The smallest absolute Gasteiger partial charge is 0.343 e. The lowest BCUT2D eigenvalue weighted by atomic mass is 10.1. The number of ether oxygens (including phenoxy) is 2. The Morgan fingerprint density at radius 2 is 1.35 bits per heavy atom. The maximum absolute atomic E-state index is 12.3. The fraction of sp³-hybridized carbons (Fsp3) is 0.406. The van der Waals surface area contributed by atoms with Crippen molar-refractivity contribution in [1.29, 1.82) is 0 Å². The summed E-state index contributed by atoms with van der Waals surface area (Å²) in [6.07, 6.45) is 13.2. The second kappa shape index (κ2) is 16.3. The predicted octanol–water partition coefficient (Wildman–Crippen LogP) is 9.93. The molecule has 3 aromatic carbocycles. The van der Waals surface area contributed by atoms with E-state index in [-0.39, 0.29) is 0 Å². The van der Waals surface area contributed by atoms with Gasteiger partial charge in [-0.15, -0.1) is 0 Å². The Labute approximate surface area is 221 Å². The highest BCUT2D eigenvalue weighted by molar-refractivity contribution is 5.91. The van der Waals surface area contributed by atoms with Crippen molar-refractivity contribution in [2.75, 3.05) is 6.61 Å². The average molecular weight is 501 g/mol. The van der Waals surface area contributed by atoms with Crippen LogP contribution in [-0.4, -0.2) is 12.6 Å². The highest BCUT2D eigenvalue weighted by Gasteiger charge is 2.08. The van der Waals surface area contributed by atoms with E-state index in [9.17, 15) is 4.79 Å². The molecule has 0 aliphatic heterocycles. The third-order valence-electron chi connectivity index (χ3n) is 6.26. The molecule has 0 fully saturated rings. The Morgan fingerprint density at radius 3 is 2.00 bits per heavy atom. The van der Waals surface area contributed by atoms with Crippen LogP contribution in [-0.2, 0) is 0 Å². The SMILES string of the molecule is CCCCCCCCCCCCOc1ccc(N=Nc2ccc(C(=O)Oc3ccccc3)cc2)c(C)c1. The van der Waals surface area contributed by atoms with Gasteiger partial charge in [0, 0.05) is 0 Å².